The van der Waals surface area contributed by atoms with Gasteiger partial charge in [-0.25, -0.2) is 9.97 Å². The van der Waals surface area contributed by atoms with Gasteiger partial charge in [0.1, 0.15) is 5.82 Å². The quantitative estimate of drug-likeness (QED) is 0.915. The van der Waals surface area contributed by atoms with Crippen LogP contribution in [-0.4, -0.2) is 39.3 Å². The minimum atomic E-state index is -4.55. The molecule has 1 fully saturated rings. The summed E-state index contributed by atoms with van der Waals surface area (Å²) in [6.45, 7) is 0.615. The van der Waals surface area contributed by atoms with Crippen LogP contribution in [0.25, 0.3) is 11.4 Å². The second-order valence-electron chi connectivity index (χ2n) is 6.02. The highest BCUT2D eigenvalue weighted by molar-refractivity contribution is 5.57. The molecule has 0 radical (unpaired) electrons. The van der Waals surface area contributed by atoms with Crippen LogP contribution in [-0.2, 0) is 6.18 Å². The highest BCUT2D eigenvalue weighted by Crippen LogP contribution is 2.33. The molecule has 3 rings (SSSR count). The molecule has 1 aliphatic heterocycles. The number of aliphatic hydroxyl groups excluding tert-OH is 1. The van der Waals surface area contributed by atoms with Gasteiger partial charge in [-0.3, -0.25) is 4.98 Å². The van der Waals surface area contributed by atoms with E-state index < -0.39 is 11.9 Å². The van der Waals surface area contributed by atoms with Gasteiger partial charge in [-0.1, -0.05) is 0 Å². The summed E-state index contributed by atoms with van der Waals surface area (Å²) in [5.41, 5.74) is -0.476. The molecular weight excluding hydrogens is 333 g/mol. The van der Waals surface area contributed by atoms with Crippen molar-refractivity contribution in [3.63, 3.8) is 0 Å². The maximum absolute atomic E-state index is 13.3. The Hall–Kier alpha value is -2.22. The molecule has 0 aromatic carbocycles. The highest BCUT2D eigenvalue weighted by Gasteiger charge is 2.35. The number of anilines is 1. The third kappa shape index (κ3) is 4.07. The average molecular weight is 352 g/mol. The van der Waals surface area contributed by atoms with Gasteiger partial charge >= 0.3 is 6.18 Å². The minimum Gasteiger partial charge on any atom is -0.396 e. The SMILES string of the molecule is OCCC1CCCCN1c1cc(C(F)(F)F)nc(-c2ccncc2)n1. The fourth-order valence-corrected chi connectivity index (χ4v) is 3.11. The fourth-order valence-electron chi connectivity index (χ4n) is 3.11. The van der Waals surface area contributed by atoms with Crippen molar-refractivity contribution in [2.24, 2.45) is 0 Å². The summed E-state index contributed by atoms with van der Waals surface area (Å²) >= 11 is 0. The summed E-state index contributed by atoms with van der Waals surface area (Å²) in [7, 11) is 0. The van der Waals surface area contributed by atoms with E-state index in [9.17, 15) is 18.3 Å². The molecule has 0 bridgehead atoms. The highest BCUT2D eigenvalue weighted by atomic mass is 19.4. The van der Waals surface area contributed by atoms with Gasteiger partial charge in [0.15, 0.2) is 11.5 Å². The lowest BCUT2D eigenvalue weighted by Crippen LogP contribution is -2.41. The Morgan fingerprint density at radius 3 is 2.60 bits per heavy atom. The van der Waals surface area contributed by atoms with Crippen molar-refractivity contribution in [2.45, 2.75) is 37.9 Å². The molecule has 0 aliphatic carbocycles. The summed E-state index contributed by atoms with van der Waals surface area (Å²) in [6.07, 6.45) is 1.66. The fraction of sp³-hybridized carbons (Fsp3) is 0.471. The Morgan fingerprint density at radius 1 is 1.16 bits per heavy atom. The zero-order chi connectivity index (χ0) is 17.9. The Balaban J connectivity index is 2.06. The van der Waals surface area contributed by atoms with Gasteiger partial charge < -0.3 is 10.0 Å². The third-order valence-electron chi connectivity index (χ3n) is 4.33. The van der Waals surface area contributed by atoms with Crippen molar-refractivity contribution in [2.75, 3.05) is 18.1 Å². The monoisotopic (exact) mass is 352 g/mol. The molecule has 0 amide bonds. The molecule has 25 heavy (non-hydrogen) atoms. The van der Waals surface area contributed by atoms with E-state index >= 15 is 0 Å². The first-order chi connectivity index (χ1) is 12.0. The Bertz CT molecular complexity index is 707. The summed E-state index contributed by atoms with van der Waals surface area (Å²) in [5.74, 6) is 0.285. The predicted octanol–water partition coefficient (Wildman–Crippen LogP) is 3.30. The molecule has 8 heteroatoms. The second kappa shape index (κ2) is 7.35. The van der Waals surface area contributed by atoms with E-state index in [0.29, 0.717) is 18.5 Å². The molecular formula is C17H19F3N4O. The minimum absolute atomic E-state index is 0.00437. The largest absolute Gasteiger partial charge is 0.433 e. The number of alkyl halides is 3. The molecule has 0 saturated carbocycles. The van der Waals surface area contributed by atoms with E-state index in [2.05, 4.69) is 15.0 Å². The maximum Gasteiger partial charge on any atom is 0.433 e. The van der Waals surface area contributed by atoms with Crippen molar-refractivity contribution in [3.8, 4) is 11.4 Å². The van der Waals surface area contributed by atoms with E-state index in [-0.39, 0.29) is 24.3 Å². The number of aliphatic hydroxyl groups is 1. The van der Waals surface area contributed by atoms with Crippen molar-refractivity contribution in [1.82, 2.24) is 15.0 Å². The topological polar surface area (TPSA) is 62.1 Å². The van der Waals surface area contributed by atoms with Crippen LogP contribution in [0, 0.1) is 0 Å². The van der Waals surface area contributed by atoms with Crippen LogP contribution in [0.4, 0.5) is 19.0 Å². The van der Waals surface area contributed by atoms with Crippen LogP contribution in [0.15, 0.2) is 30.6 Å². The van der Waals surface area contributed by atoms with E-state index in [4.69, 9.17) is 0 Å². The van der Waals surface area contributed by atoms with Crippen LogP contribution in [0.5, 0.6) is 0 Å². The molecule has 1 unspecified atom stereocenters. The lowest BCUT2D eigenvalue weighted by Gasteiger charge is -2.36. The van der Waals surface area contributed by atoms with Crippen LogP contribution in [0.3, 0.4) is 0 Å². The summed E-state index contributed by atoms with van der Waals surface area (Å²) in [4.78, 5) is 13.8. The van der Waals surface area contributed by atoms with Gasteiger partial charge in [0.05, 0.1) is 0 Å². The van der Waals surface area contributed by atoms with Crippen LogP contribution < -0.4 is 4.90 Å². The van der Waals surface area contributed by atoms with Gasteiger partial charge in [0.25, 0.3) is 0 Å². The Morgan fingerprint density at radius 2 is 1.92 bits per heavy atom. The molecule has 3 heterocycles. The smallest absolute Gasteiger partial charge is 0.396 e. The number of hydrogen-bond acceptors (Lipinski definition) is 5. The number of hydrogen-bond donors (Lipinski definition) is 1. The van der Waals surface area contributed by atoms with Gasteiger partial charge in [-0.05, 0) is 37.8 Å². The zero-order valence-corrected chi connectivity index (χ0v) is 13.6. The van der Waals surface area contributed by atoms with Crippen LogP contribution in [0.1, 0.15) is 31.4 Å². The molecule has 1 atom stereocenters. The summed E-state index contributed by atoms with van der Waals surface area (Å²) < 4.78 is 39.9. The van der Waals surface area contributed by atoms with E-state index in [1.54, 1.807) is 12.1 Å². The lowest BCUT2D eigenvalue weighted by molar-refractivity contribution is -0.141. The van der Waals surface area contributed by atoms with Crippen molar-refractivity contribution >= 4 is 5.82 Å². The first kappa shape index (κ1) is 17.6. The number of nitrogens with zero attached hydrogens (tertiary/aromatic N) is 4. The number of rotatable bonds is 4. The molecule has 134 valence electrons. The molecule has 5 nitrogen and oxygen atoms in total. The van der Waals surface area contributed by atoms with Crippen LogP contribution in [0.2, 0.25) is 0 Å². The number of piperidine rings is 1. The zero-order valence-electron chi connectivity index (χ0n) is 13.6. The lowest BCUT2D eigenvalue weighted by atomic mass is 9.99. The van der Waals surface area contributed by atoms with Crippen LogP contribution >= 0.6 is 0 Å². The number of halogens is 3. The van der Waals surface area contributed by atoms with Crippen molar-refractivity contribution in [1.29, 1.82) is 0 Å². The molecule has 1 N–H and O–H groups in total. The van der Waals surface area contributed by atoms with E-state index in [1.165, 1.54) is 12.4 Å². The third-order valence-corrected chi connectivity index (χ3v) is 4.33. The van der Waals surface area contributed by atoms with Crippen molar-refractivity contribution < 1.29 is 18.3 Å². The summed E-state index contributed by atoms with van der Waals surface area (Å²) in [6, 6.07) is 4.15. The Kier molecular flexibility index (Phi) is 5.17. The standard InChI is InChI=1S/C17H19F3N4O/c18-17(19,20)14-11-15(24-9-2-1-3-13(24)6-10-25)23-16(22-14)12-4-7-21-8-5-12/h4-5,7-8,11,13,25H,1-3,6,9-10H2. The number of pyridine rings is 1. The van der Waals surface area contributed by atoms with Gasteiger partial charge in [-0.2, -0.15) is 13.2 Å². The van der Waals surface area contributed by atoms with Crippen molar-refractivity contribution in [3.05, 3.63) is 36.3 Å². The molecule has 0 spiro atoms. The number of aromatic nitrogens is 3. The molecule has 2 aromatic rings. The van der Waals surface area contributed by atoms with Gasteiger partial charge in [-0.15, -0.1) is 0 Å². The van der Waals surface area contributed by atoms with Gasteiger partial charge in [0, 0.05) is 43.2 Å². The van der Waals surface area contributed by atoms with E-state index in [0.717, 1.165) is 25.3 Å². The molecule has 2 aromatic heterocycles. The molecule has 1 aliphatic rings. The normalized spacial score (nSPS) is 18.4. The Labute approximate surface area is 143 Å². The van der Waals surface area contributed by atoms with E-state index in [1.807, 2.05) is 4.90 Å². The first-order valence-electron chi connectivity index (χ1n) is 8.23. The summed E-state index contributed by atoms with van der Waals surface area (Å²) in [5, 5.41) is 9.25. The second-order valence-corrected chi connectivity index (χ2v) is 6.02. The van der Waals surface area contributed by atoms with Gasteiger partial charge in [0.2, 0.25) is 0 Å². The maximum atomic E-state index is 13.3. The molecule has 1 saturated heterocycles. The first-order valence-corrected chi connectivity index (χ1v) is 8.23. The predicted molar refractivity (Wildman–Crippen MR) is 87.0 cm³/mol. The average Bonchev–Trinajstić information content (AvgIpc) is 2.62.